The predicted molar refractivity (Wildman–Crippen MR) is 65.4 cm³/mol. The molecule has 0 aromatic carbocycles. The van der Waals surface area contributed by atoms with Crippen LogP contribution < -0.4 is 5.32 Å². The van der Waals surface area contributed by atoms with Crippen molar-refractivity contribution in [2.75, 3.05) is 19.8 Å². The van der Waals surface area contributed by atoms with Crippen LogP contribution in [0.5, 0.6) is 0 Å². The molecule has 0 fully saturated rings. The van der Waals surface area contributed by atoms with Gasteiger partial charge in [-0.3, -0.25) is 0 Å². The number of aliphatic hydroxyl groups excluding tert-OH is 2. The first-order valence-electron chi connectivity index (χ1n) is 6.11. The van der Waals surface area contributed by atoms with Crippen LogP contribution in [-0.4, -0.2) is 48.2 Å². The summed E-state index contributed by atoms with van der Waals surface area (Å²) in [6.07, 6.45) is 0.380. The molecule has 0 radical (unpaired) electrons. The standard InChI is InChI=1S/C12H27NO3/c1-9(2)12(5-6-14)13-7-11(15)8-16-10(3)4/h9-15H,5-8H2,1-4H3. The lowest BCUT2D eigenvalue weighted by Gasteiger charge is -2.23. The van der Waals surface area contributed by atoms with E-state index in [0.29, 0.717) is 19.1 Å². The van der Waals surface area contributed by atoms with Crippen molar-refractivity contribution in [3.05, 3.63) is 0 Å². The smallest absolute Gasteiger partial charge is 0.0897 e. The molecule has 0 saturated heterocycles. The lowest BCUT2D eigenvalue weighted by atomic mass is 10.0. The Balaban J connectivity index is 3.73. The van der Waals surface area contributed by atoms with Crippen LogP contribution in [0.4, 0.5) is 0 Å². The Hall–Kier alpha value is -0.160. The summed E-state index contributed by atoms with van der Waals surface area (Å²) in [6, 6.07) is 0.249. The minimum atomic E-state index is -0.484. The molecule has 0 heterocycles. The molecule has 0 spiro atoms. The molecule has 0 bridgehead atoms. The molecular weight excluding hydrogens is 206 g/mol. The van der Waals surface area contributed by atoms with E-state index < -0.39 is 6.10 Å². The summed E-state index contributed by atoms with van der Waals surface area (Å²) >= 11 is 0. The Morgan fingerprint density at radius 2 is 1.81 bits per heavy atom. The molecule has 0 aliphatic carbocycles. The average molecular weight is 233 g/mol. The summed E-state index contributed by atoms with van der Waals surface area (Å²) in [5.74, 6) is 0.449. The van der Waals surface area contributed by atoms with Gasteiger partial charge in [-0.25, -0.2) is 0 Å². The fourth-order valence-electron chi connectivity index (χ4n) is 1.46. The number of nitrogens with one attached hydrogen (secondary N) is 1. The molecule has 2 atom stereocenters. The van der Waals surface area contributed by atoms with E-state index in [1.165, 1.54) is 0 Å². The van der Waals surface area contributed by atoms with E-state index in [1.807, 2.05) is 13.8 Å². The third-order valence-corrected chi connectivity index (χ3v) is 2.48. The molecule has 3 N–H and O–H groups in total. The van der Waals surface area contributed by atoms with Gasteiger partial charge >= 0.3 is 0 Å². The Bertz CT molecular complexity index is 162. The lowest BCUT2D eigenvalue weighted by Crippen LogP contribution is -2.41. The van der Waals surface area contributed by atoms with Crippen LogP contribution in [-0.2, 0) is 4.74 Å². The van der Waals surface area contributed by atoms with Crippen LogP contribution >= 0.6 is 0 Å². The van der Waals surface area contributed by atoms with Crippen LogP contribution in [0.25, 0.3) is 0 Å². The van der Waals surface area contributed by atoms with Gasteiger partial charge in [0.1, 0.15) is 0 Å². The number of aliphatic hydroxyl groups is 2. The zero-order chi connectivity index (χ0) is 12.6. The van der Waals surface area contributed by atoms with Crippen molar-refractivity contribution in [3.8, 4) is 0 Å². The Labute approximate surface area is 99.0 Å². The summed E-state index contributed by atoms with van der Waals surface area (Å²) in [6.45, 7) is 9.14. The van der Waals surface area contributed by atoms with Crippen molar-refractivity contribution in [1.82, 2.24) is 5.32 Å². The van der Waals surface area contributed by atoms with Gasteiger partial charge in [0.15, 0.2) is 0 Å². The van der Waals surface area contributed by atoms with Crippen molar-refractivity contribution < 1.29 is 14.9 Å². The van der Waals surface area contributed by atoms with Crippen LogP contribution in [0.15, 0.2) is 0 Å². The van der Waals surface area contributed by atoms with Gasteiger partial charge in [0.25, 0.3) is 0 Å². The first kappa shape index (κ1) is 15.8. The summed E-state index contributed by atoms with van der Waals surface area (Å²) in [7, 11) is 0. The van der Waals surface area contributed by atoms with E-state index >= 15 is 0 Å². The van der Waals surface area contributed by atoms with Gasteiger partial charge in [0.05, 0.1) is 18.8 Å². The van der Waals surface area contributed by atoms with Gasteiger partial charge in [0, 0.05) is 19.2 Å². The molecule has 16 heavy (non-hydrogen) atoms. The zero-order valence-corrected chi connectivity index (χ0v) is 10.9. The third kappa shape index (κ3) is 8.05. The normalized spacial score (nSPS) is 15.8. The van der Waals surface area contributed by atoms with Crippen molar-refractivity contribution in [3.63, 3.8) is 0 Å². The fraction of sp³-hybridized carbons (Fsp3) is 1.00. The number of ether oxygens (including phenoxy) is 1. The van der Waals surface area contributed by atoms with Gasteiger partial charge in [0.2, 0.25) is 0 Å². The van der Waals surface area contributed by atoms with Gasteiger partial charge in [-0.15, -0.1) is 0 Å². The van der Waals surface area contributed by atoms with E-state index in [-0.39, 0.29) is 18.8 Å². The summed E-state index contributed by atoms with van der Waals surface area (Å²) < 4.78 is 5.32. The average Bonchev–Trinajstić information content (AvgIpc) is 2.20. The van der Waals surface area contributed by atoms with Gasteiger partial charge in [-0.1, -0.05) is 13.8 Å². The maximum absolute atomic E-state index is 9.65. The molecule has 4 heteroatoms. The van der Waals surface area contributed by atoms with Crippen LogP contribution in [0.1, 0.15) is 34.1 Å². The Kier molecular flexibility index (Phi) is 8.84. The van der Waals surface area contributed by atoms with Crippen molar-refractivity contribution >= 4 is 0 Å². The second-order valence-corrected chi connectivity index (χ2v) is 4.81. The van der Waals surface area contributed by atoms with Gasteiger partial charge in [-0.2, -0.15) is 0 Å². The monoisotopic (exact) mass is 233 g/mol. The maximum Gasteiger partial charge on any atom is 0.0897 e. The van der Waals surface area contributed by atoms with Crippen molar-refractivity contribution in [1.29, 1.82) is 0 Å². The molecule has 0 amide bonds. The third-order valence-electron chi connectivity index (χ3n) is 2.48. The quantitative estimate of drug-likeness (QED) is 0.550. The Morgan fingerprint density at radius 1 is 1.19 bits per heavy atom. The summed E-state index contributed by atoms with van der Waals surface area (Å²) in [5, 5.41) is 21.8. The zero-order valence-electron chi connectivity index (χ0n) is 10.9. The van der Waals surface area contributed by atoms with Crippen molar-refractivity contribution in [2.24, 2.45) is 5.92 Å². The van der Waals surface area contributed by atoms with Gasteiger partial charge < -0.3 is 20.3 Å². The highest BCUT2D eigenvalue weighted by Crippen LogP contribution is 2.05. The Morgan fingerprint density at radius 3 is 2.25 bits per heavy atom. The van der Waals surface area contributed by atoms with Crippen LogP contribution in [0, 0.1) is 5.92 Å². The molecule has 0 rings (SSSR count). The second-order valence-electron chi connectivity index (χ2n) is 4.81. The lowest BCUT2D eigenvalue weighted by molar-refractivity contribution is 0.00459. The molecule has 4 nitrogen and oxygen atoms in total. The minimum Gasteiger partial charge on any atom is -0.396 e. The highest BCUT2D eigenvalue weighted by atomic mass is 16.5. The van der Waals surface area contributed by atoms with Crippen molar-refractivity contribution in [2.45, 2.75) is 52.4 Å². The molecule has 0 saturated carbocycles. The molecule has 0 aromatic rings. The molecule has 0 aromatic heterocycles. The van der Waals surface area contributed by atoms with Gasteiger partial charge in [-0.05, 0) is 26.2 Å². The molecule has 0 aliphatic rings. The van der Waals surface area contributed by atoms with E-state index in [1.54, 1.807) is 0 Å². The number of hydrogen-bond donors (Lipinski definition) is 3. The molecule has 0 aliphatic heterocycles. The number of rotatable bonds is 9. The van der Waals surface area contributed by atoms with E-state index in [2.05, 4.69) is 19.2 Å². The first-order valence-corrected chi connectivity index (χ1v) is 6.11. The highest BCUT2D eigenvalue weighted by molar-refractivity contribution is 4.72. The predicted octanol–water partition coefficient (Wildman–Crippen LogP) is 0.769. The SMILES string of the molecule is CC(C)OCC(O)CNC(CCO)C(C)C. The summed E-state index contributed by atoms with van der Waals surface area (Å²) in [5.41, 5.74) is 0. The highest BCUT2D eigenvalue weighted by Gasteiger charge is 2.14. The topological polar surface area (TPSA) is 61.7 Å². The first-order chi connectivity index (χ1) is 7.47. The fourth-order valence-corrected chi connectivity index (χ4v) is 1.46. The van der Waals surface area contributed by atoms with E-state index in [0.717, 1.165) is 6.42 Å². The molecule has 2 unspecified atom stereocenters. The molecular formula is C12H27NO3. The van der Waals surface area contributed by atoms with E-state index in [9.17, 15) is 5.11 Å². The van der Waals surface area contributed by atoms with Crippen LogP contribution in [0.3, 0.4) is 0 Å². The largest absolute Gasteiger partial charge is 0.396 e. The second kappa shape index (κ2) is 8.93. The maximum atomic E-state index is 9.65. The molecule has 98 valence electrons. The van der Waals surface area contributed by atoms with Crippen LogP contribution in [0.2, 0.25) is 0 Å². The minimum absolute atomic E-state index is 0.146. The summed E-state index contributed by atoms with van der Waals surface area (Å²) in [4.78, 5) is 0. The number of hydrogen-bond acceptors (Lipinski definition) is 4. The van der Waals surface area contributed by atoms with E-state index in [4.69, 9.17) is 9.84 Å².